The summed E-state index contributed by atoms with van der Waals surface area (Å²) in [6.07, 6.45) is -0.407. The van der Waals surface area contributed by atoms with Crippen LogP contribution in [-0.4, -0.2) is 36.7 Å². The minimum absolute atomic E-state index is 0.116. The summed E-state index contributed by atoms with van der Waals surface area (Å²) in [7, 11) is 0. The molecule has 0 amide bonds. The normalized spacial score (nSPS) is 14.5. The van der Waals surface area contributed by atoms with Gasteiger partial charge >= 0.3 is 0 Å². The molecule has 0 aliphatic heterocycles. The van der Waals surface area contributed by atoms with Gasteiger partial charge in [-0.3, -0.25) is 0 Å². The number of nitrogens with zero attached hydrogens (tertiary/aromatic N) is 1. The fraction of sp³-hybridized carbons (Fsp3) is 1.00. The molecule has 0 heterocycles. The SMILES string of the molecule is CCN(CC)CC(N)C(N)N. The summed E-state index contributed by atoms with van der Waals surface area (Å²) in [5, 5.41) is 0. The van der Waals surface area contributed by atoms with Crippen molar-refractivity contribution in [3.05, 3.63) is 0 Å². The summed E-state index contributed by atoms with van der Waals surface area (Å²) in [6.45, 7) is 6.97. The van der Waals surface area contributed by atoms with Crippen molar-refractivity contribution < 1.29 is 0 Å². The number of likely N-dealkylation sites (N-methyl/N-ethyl adjacent to an activating group) is 1. The maximum atomic E-state index is 5.68. The van der Waals surface area contributed by atoms with E-state index in [4.69, 9.17) is 17.2 Å². The lowest BCUT2D eigenvalue weighted by atomic mass is 10.2. The van der Waals surface area contributed by atoms with Crippen LogP contribution in [0.4, 0.5) is 0 Å². The van der Waals surface area contributed by atoms with Crippen molar-refractivity contribution in [2.75, 3.05) is 19.6 Å². The maximum absolute atomic E-state index is 5.68. The zero-order valence-corrected chi connectivity index (χ0v) is 7.46. The highest BCUT2D eigenvalue weighted by molar-refractivity contribution is 4.73. The van der Waals surface area contributed by atoms with Gasteiger partial charge in [-0.15, -0.1) is 0 Å². The van der Waals surface area contributed by atoms with Crippen molar-refractivity contribution in [3.8, 4) is 0 Å². The molecule has 0 fully saturated rings. The third-order valence-electron chi connectivity index (χ3n) is 1.86. The van der Waals surface area contributed by atoms with Gasteiger partial charge in [0, 0.05) is 12.6 Å². The second-order valence-corrected chi connectivity index (χ2v) is 2.73. The molecule has 4 nitrogen and oxygen atoms in total. The van der Waals surface area contributed by atoms with E-state index in [0.717, 1.165) is 19.6 Å². The largest absolute Gasteiger partial charge is 0.324 e. The van der Waals surface area contributed by atoms with Gasteiger partial charge in [0.15, 0.2) is 0 Å². The highest BCUT2D eigenvalue weighted by atomic mass is 15.1. The average Bonchev–Trinajstić information content (AvgIpc) is 1.99. The molecule has 4 heteroatoms. The molecule has 0 aliphatic rings. The Morgan fingerprint density at radius 2 is 1.55 bits per heavy atom. The summed E-state index contributed by atoms with van der Waals surface area (Å²) in [5.41, 5.74) is 16.5. The number of nitrogens with two attached hydrogens (primary N) is 3. The molecule has 0 saturated heterocycles. The van der Waals surface area contributed by atoms with Crippen LogP contribution in [0.1, 0.15) is 13.8 Å². The second-order valence-electron chi connectivity index (χ2n) is 2.73. The topological polar surface area (TPSA) is 81.3 Å². The monoisotopic (exact) mass is 160 g/mol. The maximum Gasteiger partial charge on any atom is 0.0689 e. The molecule has 0 saturated carbocycles. The Morgan fingerprint density at radius 3 is 1.82 bits per heavy atom. The van der Waals surface area contributed by atoms with Gasteiger partial charge in [-0.2, -0.15) is 0 Å². The summed E-state index contributed by atoms with van der Waals surface area (Å²) >= 11 is 0. The number of rotatable bonds is 5. The van der Waals surface area contributed by atoms with Gasteiger partial charge in [0.25, 0.3) is 0 Å². The molecule has 0 rings (SSSR count). The fourth-order valence-electron chi connectivity index (χ4n) is 0.902. The van der Waals surface area contributed by atoms with Crippen LogP contribution in [0.5, 0.6) is 0 Å². The van der Waals surface area contributed by atoms with Gasteiger partial charge in [0.2, 0.25) is 0 Å². The minimum Gasteiger partial charge on any atom is -0.324 e. The summed E-state index contributed by atoms with van der Waals surface area (Å²) in [5.74, 6) is 0. The molecule has 0 spiro atoms. The van der Waals surface area contributed by atoms with Crippen LogP contribution < -0.4 is 17.2 Å². The first kappa shape index (κ1) is 10.8. The van der Waals surface area contributed by atoms with Crippen LogP contribution in [-0.2, 0) is 0 Å². The highest BCUT2D eigenvalue weighted by Gasteiger charge is 2.10. The fourth-order valence-corrected chi connectivity index (χ4v) is 0.902. The van der Waals surface area contributed by atoms with Crippen molar-refractivity contribution in [1.29, 1.82) is 0 Å². The zero-order valence-electron chi connectivity index (χ0n) is 7.46. The first-order valence-electron chi connectivity index (χ1n) is 4.10. The predicted molar refractivity (Wildman–Crippen MR) is 47.9 cm³/mol. The third-order valence-corrected chi connectivity index (χ3v) is 1.86. The van der Waals surface area contributed by atoms with E-state index in [1.807, 2.05) is 0 Å². The minimum atomic E-state index is -0.407. The Bertz CT molecular complexity index is 90.4. The van der Waals surface area contributed by atoms with Crippen molar-refractivity contribution in [2.24, 2.45) is 17.2 Å². The van der Waals surface area contributed by atoms with Gasteiger partial charge < -0.3 is 22.1 Å². The molecule has 0 radical (unpaired) electrons. The smallest absolute Gasteiger partial charge is 0.0689 e. The second kappa shape index (κ2) is 5.49. The zero-order chi connectivity index (χ0) is 8.85. The molecule has 0 aliphatic carbocycles. The Kier molecular flexibility index (Phi) is 5.41. The first-order chi connectivity index (χ1) is 5.11. The van der Waals surface area contributed by atoms with E-state index in [2.05, 4.69) is 18.7 Å². The van der Waals surface area contributed by atoms with Gasteiger partial charge in [0.1, 0.15) is 0 Å². The predicted octanol–water partition coefficient (Wildman–Crippen LogP) is -1.10. The number of hydrogen-bond donors (Lipinski definition) is 3. The Morgan fingerprint density at radius 1 is 1.09 bits per heavy atom. The van der Waals surface area contributed by atoms with Crippen LogP contribution in [0.25, 0.3) is 0 Å². The highest BCUT2D eigenvalue weighted by Crippen LogP contribution is 1.89. The molecule has 0 bridgehead atoms. The van der Waals surface area contributed by atoms with Crippen LogP contribution in [0.15, 0.2) is 0 Å². The van der Waals surface area contributed by atoms with E-state index < -0.39 is 6.17 Å². The summed E-state index contributed by atoms with van der Waals surface area (Å²) in [4.78, 5) is 2.21. The van der Waals surface area contributed by atoms with E-state index in [0.29, 0.717) is 0 Å². The Balaban J connectivity index is 3.62. The molecule has 0 aromatic carbocycles. The molecular formula is C7H20N4. The molecule has 0 aromatic heterocycles. The lowest BCUT2D eigenvalue weighted by Gasteiger charge is -2.24. The Hall–Kier alpha value is -0.160. The van der Waals surface area contributed by atoms with Gasteiger partial charge in [-0.1, -0.05) is 13.8 Å². The van der Waals surface area contributed by atoms with E-state index in [-0.39, 0.29) is 6.04 Å². The summed E-state index contributed by atoms with van der Waals surface area (Å²) in [6, 6.07) is -0.116. The molecule has 1 atom stereocenters. The molecule has 0 aromatic rings. The van der Waals surface area contributed by atoms with E-state index in [9.17, 15) is 0 Å². The van der Waals surface area contributed by atoms with E-state index in [1.54, 1.807) is 0 Å². The van der Waals surface area contributed by atoms with Crippen molar-refractivity contribution >= 4 is 0 Å². The number of hydrogen-bond acceptors (Lipinski definition) is 4. The van der Waals surface area contributed by atoms with Crippen molar-refractivity contribution in [3.63, 3.8) is 0 Å². The lowest BCUT2D eigenvalue weighted by Crippen LogP contribution is -2.53. The molecule has 6 N–H and O–H groups in total. The average molecular weight is 160 g/mol. The quantitative estimate of drug-likeness (QED) is 0.446. The summed E-state index contributed by atoms with van der Waals surface area (Å²) < 4.78 is 0. The molecule has 1 unspecified atom stereocenters. The third kappa shape index (κ3) is 4.31. The van der Waals surface area contributed by atoms with Gasteiger partial charge in [-0.05, 0) is 13.1 Å². The first-order valence-corrected chi connectivity index (χ1v) is 4.10. The van der Waals surface area contributed by atoms with E-state index >= 15 is 0 Å². The Labute approximate surface area is 68.7 Å². The molecule has 11 heavy (non-hydrogen) atoms. The standard InChI is InChI=1S/C7H20N4/c1-3-11(4-2)5-6(8)7(9)10/h6-7H,3-5,8-10H2,1-2H3. The van der Waals surface area contributed by atoms with Crippen LogP contribution in [0.3, 0.4) is 0 Å². The van der Waals surface area contributed by atoms with Crippen LogP contribution in [0, 0.1) is 0 Å². The van der Waals surface area contributed by atoms with Crippen LogP contribution in [0.2, 0.25) is 0 Å². The molecule has 68 valence electrons. The molecular weight excluding hydrogens is 140 g/mol. The van der Waals surface area contributed by atoms with Gasteiger partial charge in [0.05, 0.1) is 6.17 Å². The lowest BCUT2D eigenvalue weighted by molar-refractivity contribution is 0.270. The van der Waals surface area contributed by atoms with E-state index in [1.165, 1.54) is 0 Å². The van der Waals surface area contributed by atoms with Crippen molar-refractivity contribution in [1.82, 2.24) is 4.90 Å². The van der Waals surface area contributed by atoms with Crippen molar-refractivity contribution in [2.45, 2.75) is 26.1 Å². The van der Waals surface area contributed by atoms with Gasteiger partial charge in [-0.25, -0.2) is 0 Å². The van der Waals surface area contributed by atoms with Crippen LogP contribution >= 0.6 is 0 Å².